The highest BCUT2D eigenvalue weighted by molar-refractivity contribution is 8.01. The van der Waals surface area contributed by atoms with Crippen molar-refractivity contribution in [3.63, 3.8) is 0 Å². The van der Waals surface area contributed by atoms with Gasteiger partial charge in [0.15, 0.2) is 0 Å². The summed E-state index contributed by atoms with van der Waals surface area (Å²) < 4.78 is 5.64. The van der Waals surface area contributed by atoms with Crippen LogP contribution >= 0.6 is 23.5 Å². The van der Waals surface area contributed by atoms with Crippen molar-refractivity contribution < 1.29 is 14.6 Å². The van der Waals surface area contributed by atoms with E-state index in [2.05, 4.69) is 0 Å². The van der Waals surface area contributed by atoms with Crippen molar-refractivity contribution in [2.45, 2.75) is 61.2 Å². The van der Waals surface area contributed by atoms with Gasteiger partial charge in [0, 0.05) is 16.6 Å². The lowest BCUT2D eigenvalue weighted by atomic mass is 9.88. The first-order valence-corrected chi connectivity index (χ1v) is 9.26. The van der Waals surface area contributed by atoms with Gasteiger partial charge in [-0.1, -0.05) is 0 Å². The predicted molar refractivity (Wildman–Crippen MR) is 85.5 cm³/mol. The molecule has 0 saturated carbocycles. The molecule has 3 N–H and O–H groups in total. The Labute approximate surface area is 129 Å². The van der Waals surface area contributed by atoms with E-state index in [-0.39, 0.29) is 5.60 Å². The third-order valence-corrected chi connectivity index (χ3v) is 6.92. The summed E-state index contributed by atoms with van der Waals surface area (Å²) in [7, 11) is 0. The van der Waals surface area contributed by atoms with E-state index < -0.39 is 16.8 Å². The van der Waals surface area contributed by atoms with Crippen molar-refractivity contribution in [3.05, 3.63) is 0 Å². The SMILES string of the molecule is CC(C)(SC1CCOC2(CCSCC2)C1)[C@H](N)C(=O)O. The highest BCUT2D eigenvalue weighted by Crippen LogP contribution is 2.44. The molecule has 0 aromatic rings. The summed E-state index contributed by atoms with van der Waals surface area (Å²) >= 11 is 3.74. The van der Waals surface area contributed by atoms with Crippen LogP contribution in [0.5, 0.6) is 0 Å². The van der Waals surface area contributed by atoms with Crippen LogP contribution in [0.2, 0.25) is 0 Å². The number of ether oxygens (including phenoxy) is 1. The monoisotopic (exact) mass is 319 g/mol. The molecule has 0 aromatic heterocycles. The quantitative estimate of drug-likeness (QED) is 0.829. The van der Waals surface area contributed by atoms with Crippen LogP contribution in [0.1, 0.15) is 39.5 Å². The summed E-state index contributed by atoms with van der Waals surface area (Å²) in [5.74, 6) is 1.43. The van der Waals surface area contributed by atoms with E-state index >= 15 is 0 Å². The Kier molecular flexibility index (Phi) is 5.32. The topological polar surface area (TPSA) is 72.5 Å². The molecule has 0 bridgehead atoms. The number of carbonyl (C=O) groups is 1. The molecule has 2 saturated heterocycles. The van der Waals surface area contributed by atoms with Gasteiger partial charge in [-0.25, -0.2) is 0 Å². The largest absolute Gasteiger partial charge is 0.480 e. The van der Waals surface area contributed by atoms with Gasteiger partial charge in [0.2, 0.25) is 0 Å². The lowest BCUT2D eigenvalue weighted by Crippen LogP contribution is -2.50. The van der Waals surface area contributed by atoms with Crippen LogP contribution in [0.15, 0.2) is 0 Å². The van der Waals surface area contributed by atoms with E-state index in [0.717, 1.165) is 32.3 Å². The molecule has 116 valence electrons. The third kappa shape index (κ3) is 3.84. The summed E-state index contributed by atoms with van der Waals surface area (Å²) in [6, 6.07) is -0.826. The molecular formula is C14H25NO3S2. The summed E-state index contributed by atoms with van der Waals surface area (Å²) in [4.78, 5) is 11.1. The maximum absolute atomic E-state index is 11.1. The Hall–Kier alpha value is 0.0900. The highest BCUT2D eigenvalue weighted by Gasteiger charge is 2.42. The van der Waals surface area contributed by atoms with Crippen LogP contribution < -0.4 is 5.73 Å². The third-order valence-electron chi connectivity index (χ3n) is 4.34. The number of thioether (sulfide) groups is 2. The fourth-order valence-electron chi connectivity index (χ4n) is 2.98. The lowest BCUT2D eigenvalue weighted by Gasteiger charge is -2.45. The summed E-state index contributed by atoms with van der Waals surface area (Å²) in [5.41, 5.74) is 5.87. The van der Waals surface area contributed by atoms with E-state index in [1.807, 2.05) is 25.6 Å². The van der Waals surface area contributed by atoms with Gasteiger partial charge >= 0.3 is 5.97 Å². The van der Waals surface area contributed by atoms with Crippen LogP contribution in [0, 0.1) is 0 Å². The Morgan fingerprint density at radius 2 is 2.15 bits per heavy atom. The van der Waals surface area contributed by atoms with Gasteiger partial charge in [0.25, 0.3) is 0 Å². The molecule has 2 aliphatic heterocycles. The standard InChI is InChI=1S/C14H25NO3S2/c1-13(2,11(15)12(16)17)20-10-3-6-18-14(9-10)4-7-19-8-5-14/h10-11H,3-9,15H2,1-2H3,(H,16,17)/t10?,11-/m1/s1. The molecule has 2 rings (SSSR count). The second-order valence-corrected chi connectivity index (χ2v) is 9.48. The van der Waals surface area contributed by atoms with E-state index in [4.69, 9.17) is 15.6 Å². The van der Waals surface area contributed by atoms with Crippen LogP contribution in [0.3, 0.4) is 0 Å². The number of hydrogen-bond acceptors (Lipinski definition) is 5. The average molecular weight is 319 g/mol. The maximum Gasteiger partial charge on any atom is 0.321 e. The molecule has 1 unspecified atom stereocenters. The molecule has 2 heterocycles. The molecule has 0 radical (unpaired) electrons. The first-order valence-electron chi connectivity index (χ1n) is 7.23. The van der Waals surface area contributed by atoms with Crippen molar-refractivity contribution in [2.24, 2.45) is 5.73 Å². The molecule has 0 amide bonds. The Morgan fingerprint density at radius 1 is 1.50 bits per heavy atom. The number of nitrogens with two attached hydrogens (primary N) is 1. The van der Waals surface area contributed by atoms with Crippen LogP contribution in [-0.2, 0) is 9.53 Å². The van der Waals surface area contributed by atoms with Gasteiger partial charge in [-0.05, 0) is 51.0 Å². The van der Waals surface area contributed by atoms with Crippen molar-refractivity contribution in [3.8, 4) is 0 Å². The molecular weight excluding hydrogens is 294 g/mol. The molecule has 4 nitrogen and oxygen atoms in total. The molecule has 20 heavy (non-hydrogen) atoms. The number of rotatable bonds is 4. The van der Waals surface area contributed by atoms with Gasteiger partial charge in [0.05, 0.1) is 5.60 Å². The minimum Gasteiger partial charge on any atom is -0.480 e. The molecule has 2 fully saturated rings. The van der Waals surface area contributed by atoms with E-state index in [9.17, 15) is 4.79 Å². The minimum absolute atomic E-state index is 0.0462. The number of aliphatic carboxylic acids is 1. The van der Waals surface area contributed by atoms with Gasteiger partial charge in [0.1, 0.15) is 6.04 Å². The van der Waals surface area contributed by atoms with Crippen molar-refractivity contribution in [2.75, 3.05) is 18.1 Å². The fraction of sp³-hybridized carbons (Fsp3) is 0.929. The molecule has 0 aromatic carbocycles. The second-order valence-electron chi connectivity index (χ2n) is 6.30. The van der Waals surface area contributed by atoms with Gasteiger partial charge in [-0.3, -0.25) is 4.79 Å². The molecule has 2 atom stereocenters. The van der Waals surface area contributed by atoms with Crippen LogP contribution in [-0.4, -0.2) is 50.8 Å². The normalized spacial score (nSPS) is 28.2. The van der Waals surface area contributed by atoms with Gasteiger partial charge in [-0.2, -0.15) is 11.8 Å². The van der Waals surface area contributed by atoms with E-state index in [1.165, 1.54) is 11.5 Å². The molecule has 6 heteroatoms. The highest BCUT2D eigenvalue weighted by atomic mass is 32.2. The lowest BCUT2D eigenvalue weighted by molar-refractivity contribution is -0.139. The average Bonchev–Trinajstić information content (AvgIpc) is 2.38. The summed E-state index contributed by atoms with van der Waals surface area (Å²) in [6.07, 6.45) is 4.28. The zero-order valence-corrected chi connectivity index (χ0v) is 13.9. The van der Waals surface area contributed by atoms with Crippen molar-refractivity contribution in [1.29, 1.82) is 0 Å². The molecule has 2 aliphatic rings. The van der Waals surface area contributed by atoms with Crippen molar-refractivity contribution >= 4 is 29.5 Å². The first kappa shape index (κ1) is 16.5. The number of carboxylic acids is 1. The van der Waals surface area contributed by atoms with E-state index in [0.29, 0.717) is 5.25 Å². The summed E-state index contributed by atoms with van der Waals surface area (Å²) in [6.45, 7) is 4.67. The Balaban J connectivity index is 1.97. The van der Waals surface area contributed by atoms with Crippen molar-refractivity contribution in [1.82, 2.24) is 0 Å². The first-order chi connectivity index (χ1) is 9.35. The maximum atomic E-state index is 11.1. The summed E-state index contributed by atoms with van der Waals surface area (Å²) in [5, 5.41) is 9.57. The zero-order valence-electron chi connectivity index (χ0n) is 12.3. The minimum atomic E-state index is -0.918. The van der Waals surface area contributed by atoms with Crippen LogP contribution in [0.4, 0.5) is 0 Å². The Morgan fingerprint density at radius 3 is 2.75 bits per heavy atom. The fourth-order valence-corrected chi connectivity index (χ4v) is 5.92. The van der Waals surface area contributed by atoms with Crippen LogP contribution in [0.25, 0.3) is 0 Å². The smallest absolute Gasteiger partial charge is 0.321 e. The van der Waals surface area contributed by atoms with Gasteiger partial charge in [-0.15, -0.1) is 11.8 Å². The van der Waals surface area contributed by atoms with Gasteiger partial charge < -0.3 is 15.6 Å². The second kappa shape index (κ2) is 6.46. The van der Waals surface area contributed by atoms with E-state index in [1.54, 1.807) is 11.8 Å². The Bertz CT molecular complexity index is 351. The zero-order chi connectivity index (χ0) is 14.8. The molecule has 0 aliphatic carbocycles. The number of hydrogen-bond donors (Lipinski definition) is 2. The number of carboxylic acid groups (broad SMARTS) is 1. The predicted octanol–water partition coefficient (Wildman–Crippen LogP) is 2.35. The molecule has 1 spiro atoms.